The second-order valence-electron chi connectivity index (χ2n) is 20.1. The highest BCUT2D eigenvalue weighted by molar-refractivity contribution is 7.89. The summed E-state index contributed by atoms with van der Waals surface area (Å²) < 4.78 is 57.9. The SMILES string of the molecule is COc1ccc(S(=O)(=O)NCCCCC(N)C(=O)O[C@H]2[C@H](OC(C)=O)C[C@@]34COC[C@@]2(C)[C@@H]3CC[C@H]2C4=CC[C@@]3(C)[C@H](C(=O)O)[C@@](C)([C@H](C)C(C)C)CC[C@]23C)cc1OC. The lowest BCUT2D eigenvalue weighted by molar-refractivity contribution is -0.263. The van der Waals surface area contributed by atoms with Crippen molar-refractivity contribution in [2.45, 2.75) is 136 Å². The predicted octanol–water partition coefficient (Wildman–Crippen LogP) is 6.91. The number of unbranched alkanes of at least 4 members (excludes halogenated alkanes) is 1. The van der Waals surface area contributed by atoms with Crippen LogP contribution in [0.5, 0.6) is 11.5 Å². The molecule has 1 unspecified atom stereocenters. The van der Waals surface area contributed by atoms with E-state index in [2.05, 4.69) is 59.3 Å². The van der Waals surface area contributed by atoms with E-state index in [9.17, 15) is 27.9 Å². The summed E-state index contributed by atoms with van der Waals surface area (Å²) in [5.41, 5.74) is 5.47. The molecule has 60 heavy (non-hydrogen) atoms. The number of rotatable bonds is 15. The van der Waals surface area contributed by atoms with E-state index in [-0.39, 0.29) is 46.4 Å². The van der Waals surface area contributed by atoms with Crippen molar-refractivity contribution in [2.24, 2.45) is 62.4 Å². The monoisotopic (exact) mass is 858 g/mol. The average molecular weight is 859 g/mol. The quantitative estimate of drug-likeness (QED) is 0.0941. The normalized spacial score (nSPS) is 37.0. The van der Waals surface area contributed by atoms with Gasteiger partial charge in [-0.3, -0.25) is 14.4 Å². The minimum Gasteiger partial charge on any atom is -0.493 e. The smallest absolute Gasteiger partial charge is 0.323 e. The Hall–Kier alpha value is -3.20. The van der Waals surface area contributed by atoms with E-state index in [4.69, 9.17) is 29.4 Å². The maximum absolute atomic E-state index is 13.8. The third kappa shape index (κ3) is 7.56. The highest BCUT2D eigenvalue weighted by Gasteiger charge is 2.72. The Balaban J connectivity index is 1.18. The topological polar surface area (TPSA) is 190 Å². The molecule has 0 amide bonds. The minimum absolute atomic E-state index is 0.0421. The van der Waals surface area contributed by atoms with Gasteiger partial charge in [-0.2, -0.15) is 0 Å². The molecule has 4 N–H and O–H groups in total. The number of sulfonamides is 1. The maximum Gasteiger partial charge on any atom is 0.323 e. The summed E-state index contributed by atoms with van der Waals surface area (Å²) in [6.07, 6.45) is 6.54. The molecule has 0 aromatic heterocycles. The third-order valence-corrected chi connectivity index (χ3v) is 18.3. The molecular weight excluding hydrogens is 789 g/mol. The number of fused-ring (bicyclic) bond motifs is 3. The first-order valence-electron chi connectivity index (χ1n) is 21.9. The fraction of sp³-hybridized carbons (Fsp3) is 0.761. The number of methoxy groups -OCH3 is 2. The number of aliphatic carboxylic acids is 1. The van der Waals surface area contributed by atoms with Gasteiger partial charge in [0.1, 0.15) is 18.2 Å². The van der Waals surface area contributed by atoms with Crippen molar-refractivity contribution in [2.75, 3.05) is 34.0 Å². The minimum atomic E-state index is -3.82. The number of carboxylic acids is 1. The van der Waals surface area contributed by atoms with Crippen LogP contribution in [-0.4, -0.2) is 83.7 Å². The van der Waals surface area contributed by atoms with Gasteiger partial charge in [-0.1, -0.05) is 66.5 Å². The molecule has 1 saturated heterocycles. The number of hydrogen-bond donors (Lipinski definition) is 3. The predicted molar refractivity (Wildman–Crippen MR) is 226 cm³/mol. The Morgan fingerprint density at radius 1 is 0.967 bits per heavy atom. The molecule has 3 saturated carbocycles. The van der Waals surface area contributed by atoms with Gasteiger partial charge in [-0.25, -0.2) is 13.1 Å². The van der Waals surface area contributed by atoms with Crippen LogP contribution in [0.15, 0.2) is 34.7 Å². The number of nitrogens with two attached hydrogens (primary N) is 1. The largest absolute Gasteiger partial charge is 0.493 e. The molecule has 14 heteroatoms. The Labute approximate surface area is 357 Å². The van der Waals surface area contributed by atoms with Gasteiger partial charge in [0.25, 0.3) is 0 Å². The van der Waals surface area contributed by atoms with Crippen LogP contribution in [0.1, 0.15) is 113 Å². The number of nitrogens with one attached hydrogen (secondary N) is 1. The first-order valence-corrected chi connectivity index (χ1v) is 23.4. The number of esters is 2. The van der Waals surface area contributed by atoms with E-state index < -0.39 is 68.3 Å². The highest BCUT2D eigenvalue weighted by Crippen LogP contribution is 2.75. The van der Waals surface area contributed by atoms with Crippen LogP contribution < -0.4 is 19.9 Å². The van der Waals surface area contributed by atoms with Gasteiger partial charge in [0.15, 0.2) is 11.5 Å². The molecule has 1 aromatic carbocycles. The van der Waals surface area contributed by atoms with E-state index in [1.165, 1.54) is 44.9 Å². The van der Waals surface area contributed by atoms with Crippen molar-refractivity contribution in [3.05, 3.63) is 29.8 Å². The average Bonchev–Trinajstić information content (AvgIpc) is 3.18. The molecular formula is C46H70N2O11S. The third-order valence-electron chi connectivity index (χ3n) is 16.8. The molecule has 12 atom stereocenters. The van der Waals surface area contributed by atoms with Crippen LogP contribution in [0.2, 0.25) is 0 Å². The van der Waals surface area contributed by atoms with E-state index in [1.807, 2.05) is 0 Å². The summed E-state index contributed by atoms with van der Waals surface area (Å²) in [5, 5.41) is 11.0. The molecule has 1 heterocycles. The lowest BCUT2D eigenvalue weighted by Gasteiger charge is -2.71. The van der Waals surface area contributed by atoms with Gasteiger partial charge < -0.3 is 34.5 Å². The second kappa shape index (κ2) is 16.8. The first kappa shape index (κ1) is 46.3. The van der Waals surface area contributed by atoms with Gasteiger partial charge >= 0.3 is 17.9 Å². The van der Waals surface area contributed by atoms with E-state index in [0.717, 1.165) is 25.7 Å². The molecule has 6 rings (SSSR count). The van der Waals surface area contributed by atoms with Crippen molar-refractivity contribution in [3.8, 4) is 11.5 Å². The maximum atomic E-state index is 13.8. The number of carboxylic acid groups (broad SMARTS) is 1. The van der Waals surface area contributed by atoms with Crippen molar-refractivity contribution in [1.29, 1.82) is 0 Å². The number of carbonyl (C=O) groups is 3. The van der Waals surface area contributed by atoms with Gasteiger partial charge in [0, 0.05) is 30.4 Å². The molecule has 0 spiro atoms. The van der Waals surface area contributed by atoms with Crippen LogP contribution >= 0.6 is 0 Å². The fourth-order valence-electron chi connectivity index (χ4n) is 13.2. The summed E-state index contributed by atoms with van der Waals surface area (Å²) in [6.45, 7) is 17.8. The van der Waals surface area contributed by atoms with E-state index >= 15 is 0 Å². The van der Waals surface area contributed by atoms with Gasteiger partial charge in [0.05, 0.1) is 38.2 Å². The molecule has 13 nitrogen and oxygen atoms in total. The van der Waals surface area contributed by atoms with Crippen LogP contribution in [0, 0.1) is 56.7 Å². The van der Waals surface area contributed by atoms with Crippen molar-refractivity contribution >= 4 is 27.9 Å². The number of benzene rings is 1. The zero-order valence-corrected chi connectivity index (χ0v) is 38.2. The summed E-state index contributed by atoms with van der Waals surface area (Å²) in [7, 11) is -0.913. The lowest BCUT2D eigenvalue weighted by atomic mass is 9.34. The van der Waals surface area contributed by atoms with Crippen molar-refractivity contribution in [1.82, 2.24) is 4.72 Å². The molecule has 5 aliphatic rings. The first-order chi connectivity index (χ1) is 28.1. The summed E-state index contributed by atoms with van der Waals surface area (Å²) in [4.78, 5) is 40.1. The summed E-state index contributed by atoms with van der Waals surface area (Å²) in [5.74, 6) is -0.769. The molecule has 336 valence electrons. The molecule has 0 radical (unpaired) electrons. The van der Waals surface area contributed by atoms with Crippen LogP contribution in [-0.2, 0) is 38.6 Å². The van der Waals surface area contributed by atoms with Gasteiger partial charge in [0.2, 0.25) is 10.0 Å². The zero-order chi connectivity index (χ0) is 44.2. The van der Waals surface area contributed by atoms with Crippen molar-refractivity contribution < 1.29 is 51.6 Å². The molecule has 1 aromatic rings. The summed E-state index contributed by atoms with van der Waals surface area (Å²) >= 11 is 0. The van der Waals surface area contributed by atoms with E-state index in [1.54, 1.807) is 0 Å². The standard InChI is InChI=1S/C46H70N2O11S/c1-27(2)28(3)42(5)20-21-44(7)31-15-17-37-43(6)25-57-26-46(37,32(31)18-19-45(44,8)38(42)40(50)51)24-36(58-29(4)49)39(43)59-41(52)33(47)13-11-12-22-48-60(53,54)30-14-16-34(55-9)35(23-30)56-10/h14,16,18,23,27-28,31,33,36-39,48H,11-13,15,17,19-22,24-26,47H2,1-10H3,(H,50,51)/t28-,31+,33?,36-,37+,38-,39+,42-,43+,44-,45+,46+/m1/s1. The van der Waals surface area contributed by atoms with Crippen LogP contribution in [0.3, 0.4) is 0 Å². The zero-order valence-electron chi connectivity index (χ0n) is 37.4. The number of allylic oxidation sites excluding steroid dienone is 1. The highest BCUT2D eigenvalue weighted by atomic mass is 32.2. The summed E-state index contributed by atoms with van der Waals surface area (Å²) in [6, 6.07) is 3.39. The number of carbonyl (C=O) groups excluding carboxylic acids is 2. The molecule has 2 bridgehead atoms. The Morgan fingerprint density at radius 2 is 1.67 bits per heavy atom. The fourth-order valence-corrected chi connectivity index (χ4v) is 14.3. The molecule has 4 aliphatic carbocycles. The number of ether oxygens (including phenoxy) is 5. The molecule has 4 fully saturated rings. The van der Waals surface area contributed by atoms with Crippen molar-refractivity contribution in [3.63, 3.8) is 0 Å². The number of hydrogen-bond acceptors (Lipinski definition) is 11. The van der Waals surface area contributed by atoms with Crippen LogP contribution in [0.25, 0.3) is 0 Å². The molecule has 1 aliphatic heterocycles. The van der Waals surface area contributed by atoms with Gasteiger partial charge in [-0.15, -0.1) is 0 Å². The lowest BCUT2D eigenvalue weighted by Crippen LogP contribution is -2.70. The Bertz CT molecular complexity index is 1950. The van der Waals surface area contributed by atoms with Gasteiger partial charge in [-0.05, 0) is 103 Å². The Kier molecular flexibility index (Phi) is 13.0. The Morgan fingerprint density at radius 3 is 2.30 bits per heavy atom. The van der Waals surface area contributed by atoms with E-state index in [0.29, 0.717) is 56.3 Å². The second-order valence-corrected chi connectivity index (χ2v) is 21.8. The van der Waals surface area contributed by atoms with Crippen LogP contribution in [0.4, 0.5) is 0 Å².